The van der Waals surface area contributed by atoms with Crippen molar-refractivity contribution in [3.05, 3.63) is 35.4 Å². The Morgan fingerprint density at radius 1 is 1.37 bits per heavy atom. The van der Waals surface area contributed by atoms with Crippen molar-refractivity contribution >= 4 is 5.97 Å². The maximum Gasteiger partial charge on any atom is 0.335 e. The molecule has 19 heavy (non-hydrogen) atoms. The summed E-state index contributed by atoms with van der Waals surface area (Å²) in [6.45, 7) is 2.37. The van der Waals surface area contributed by atoms with Crippen LogP contribution in [0.25, 0.3) is 0 Å². The first-order valence-electron chi connectivity index (χ1n) is 6.23. The van der Waals surface area contributed by atoms with Gasteiger partial charge in [-0.2, -0.15) is 0 Å². The van der Waals surface area contributed by atoms with E-state index in [1.54, 1.807) is 32.4 Å². The monoisotopic (exact) mass is 265 g/mol. The van der Waals surface area contributed by atoms with Crippen molar-refractivity contribution in [3.63, 3.8) is 0 Å². The summed E-state index contributed by atoms with van der Waals surface area (Å²) in [5, 5.41) is 8.93. The Morgan fingerprint density at radius 2 is 2.05 bits per heavy atom. The summed E-state index contributed by atoms with van der Waals surface area (Å²) in [6, 6.07) is 7.06. The summed E-state index contributed by atoms with van der Waals surface area (Å²) in [5.74, 6) is -1.34. The van der Waals surface area contributed by atoms with Gasteiger partial charge in [0.2, 0.25) is 0 Å². The van der Waals surface area contributed by atoms with Crippen LogP contribution in [0.3, 0.4) is 0 Å². The van der Waals surface area contributed by atoms with Crippen LogP contribution in [0, 0.1) is 0 Å². The zero-order valence-corrected chi connectivity index (χ0v) is 11.3. The van der Waals surface area contributed by atoms with Gasteiger partial charge in [0, 0.05) is 20.8 Å². The molecule has 5 nitrogen and oxygen atoms in total. The third-order valence-electron chi connectivity index (χ3n) is 3.56. The number of ether oxygens (including phenoxy) is 2. The van der Waals surface area contributed by atoms with Crippen LogP contribution >= 0.6 is 0 Å². The highest BCUT2D eigenvalue weighted by atomic mass is 16.7. The Morgan fingerprint density at radius 3 is 2.63 bits per heavy atom. The van der Waals surface area contributed by atoms with Crippen LogP contribution in [0.2, 0.25) is 0 Å². The maximum atomic E-state index is 10.9. The van der Waals surface area contributed by atoms with Crippen molar-refractivity contribution in [1.82, 2.24) is 4.90 Å². The molecule has 0 aliphatic carbocycles. The van der Waals surface area contributed by atoms with Crippen molar-refractivity contribution in [2.75, 3.05) is 33.9 Å². The lowest BCUT2D eigenvalue weighted by Gasteiger charge is -2.47. The lowest BCUT2D eigenvalue weighted by molar-refractivity contribution is -0.275. The third-order valence-corrected chi connectivity index (χ3v) is 3.56. The number of hydrogen-bond donors (Lipinski definition) is 1. The summed E-state index contributed by atoms with van der Waals surface area (Å²) in [5.41, 5.74) is 1.37. The zero-order chi connectivity index (χ0) is 13.9. The lowest BCUT2D eigenvalue weighted by Crippen LogP contribution is -2.64. The predicted molar refractivity (Wildman–Crippen MR) is 70.3 cm³/mol. The molecule has 1 aliphatic heterocycles. The van der Waals surface area contributed by atoms with Crippen LogP contribution in [0.1, 0.15) is 15.9 Å². The first-order chi connectivity index (χ1) is 9.08. The number of rotatable bonds is 6. The van der Waals surface area contributed by atoms with Gasteiger partial charge < -0.3 is 14.6 Å². The molecule has 0 bridgehead atoms. The molecular weight excluding hydrogens is 246 g/mol. The average molecular weight is 265 g/mol. The quantitative estimate of drug-likeness (QED) is 0.784. The molecular formula is C14H19NO4. The Bertz CT molecular complexity index is 449. The van der Waals surface area contributed by atoms with Crippen LogP contribution in [-0.2, 0) is 15.9 Å². The first-order valence-corrected chi connectivity index (χ1v) is 6.23. The summed E-state index contributed by atoms with van der Waals surface area (Å²) in [6.07, 6.45) is 0.824. The molecule has 1 saturated heterocycles. The van der Waals surface area contributed by atoms with E-state index in [1.165, 1.54) is 0 Å². The molecule has 2 rings (SSSR count). The van der Waals surface area contributed by atoms with Gasteiger partial charge in [0.05, 0.1) is 18.7 Å². The number of likely N-dealkylation sites (tertiary alicyclic amines) is 1. The highest BCUT2D eigenvalue weighted by Crippen LogP contribution is 2.25. The molecule has 0 amide bonds. The molecule has 1 N–H and O–H groups in total. The minimum atomic E-state index is -0.886. The first kappa shape index (κ1) is 14.0. The van der Waals surface area contributed by atoms with Crippen LogP contribution in [-0.4, -0.2) is 55.6 Å². The number of hydrogen-bond acceptors (Lipinski definition) is 4. The van der Waals surface area contributed by atoms with Crippen LogP contribution < -0.4 is 0 Å². The smallest absolute Gasteiger partial charge is 0.335 e. The average Bonchev–Trinajstić information content (AvgIpc) is 2.38. The molecule has 0 aromatic heterocycles. The molecule has 0 spiro atoms. The molecule has 0 saturated carbocycles. The second-order valence-electron chi connectivity index (χ2n) is 4.79. The number of benzene rings is 1. The fourth-order valence-electron chi connectivity index (χ4n) is 2.28. The van der Waals surface area contributed by atoms with Crippen molar-refractivity contribution in [2.45, 2.75) is 12.2 Å². The van der Waals surface area contributed by atoms with Crippen LogP contribution in [0.4, 0.5) is 0 Å². The summed E-state index contributed by atoms with van der Waals surface area (Å²) in [4.78, 5) is 13.1. The second-order valence-corrected chi connectivity index (χ2v) is 4.79. The van der Waals surface area contributed by atoms with Crippen molar-refractivity contribution < 1.29 is 19.4 Å². The van der Waals surface area contributed by atoms with E-state index in [1.807, 2.05) is 6.07 Å². The van der Waals surface area contributed by atoms with Crippen molar-refractivity contribution in [2.24, 2.45) is 0 Å². The molecule has 0 atom stereocenters. The maximum absolute atomic E-state index is 10.9. The topological polar surface area (TPSA) is 59.0 Å². The van der Waals surface area contributed by atoms with Gasteiger partial charge in [-0.05, 0) is 24.1 Å². The van der Waals surface area contributed by atoms with E-state index in [4.69, 9.17) is 14.6 Å². The SMILES string of the molecule is COC1(OC)CN(CCc2cccc(C(=O)O)c2)C1. The van der Waals surface area contributed by atoms with Gasteiger partial charge >= 0.3 is 5.97 Å². The predicted octanol–water partition coefficient (Wildman–Crippen LogP) is 1.23. The van der Waals surface area contributed by atoms with Gasteiger partial charge in [0.15, 0.2) is 5.79 Å². The highest BCUT2D eigenvalue weighted by Gasteiger charge is 2.43. The molecule has 1 aromatic rings. The Kier molecular flexibility index (Phi) is 4.19. The molecule has 1 heterocycles. The minimum Gasteiger partial charge on any atom is -0.478 e. The van der Waals surface area contributed by atoms with Gasteiger partial charge in [0.25, 0.3) is 0 Å². The standard InChI is InChI=1S/C14H19NO4/c1-18-14(19-2)9-15(10-14)7-6-11-4-3-5-12(8-11)13(16)17/h3-5,8H,6-7,9-10H2,1-2H3,(H,16,17). The van der Waals surface area contributed by atoms with E-state index in [9.17, 15) is 4.79 Å². The third kappa shape index (κ3) is 3.12. The number of carboxylic acid groups (broad SMARTS) is 1. The van der Waals surface area contributed by atoms with Crippen molar-refractivity contribution in [1.29, 1.82) is 0 Å². The number of methoxy groups -OCH3 is 2. The fourth-order valence-corrected chi connectivity index (χ4v) is 2.28. The summed E-state index contributed by atoms with van der Waals surface area (Å²) in [7, 11) is 3.30. The summed E-state index contributed by atoms with van der Waals surface area (Å²) >= 11 is 0. The molecule has 104 valence electrons. The van der Waals surface area contributed by atoms with E-state index in [-0.39, 0.29) is 0 Å². The van der Waals surface area contributed by atoms with Gasteiger partial charge in [-0.15, -0.1) is 0 Å². The van der Waals surface area contributed by atoms with Gasteiger partial charge in [-0.3, -0.25) is 4.90 Å². The van der Waals surface area contributed by atoms with Gasteiger partial charge in [0.1, 0.15) is 0 Å². The Hall–Kier alpha value is -1.43. The number of aromatic carboxylic acids is 1. The highest BCUT2D eigenvalue weighted by molar-refractivity contribution is 5.87. The molecule has 0 radical (unpaired) electrons. The number of nitrogens with zero attached hydrogens (tertiary/aromatic N) is 1. The Labute approximate surface area is 112 Å². The van der Waals surface area contributed by atoms with Crippen molar-refractivity contribution in [3.8, 4) is 0 Å². The van der Waals surface area contributed by atoms with E-state index in [0.29, 0.717) is 5.56 Å². The van der Waals surface area contributed by atoms with Gasteiger partial charge in [-0.25, -0.2) is 4.79 Å². The molecule has 1 fully saturated rings. The number of carbonyl (C=O) groups is 1. The second kappa shape index (κ2) is 5.69. The fraction of sp³-hybridized carbons (Fsp3) is 0.500. The normalized spacial score (nSPS) is 18.0. The zero-order valence-electron chi connectivity index (χ0n) is 11.3. The largest absolute Gasteiger partial charge is 0.478 e. The van der Waals surface area contributed by atoms with Crippen LogP contribution in [0.15, 0.2) is 24.3 Å². The van der Waals surface area contributed by atoms with E-state index >= 15 is 0 Å². The minimum absolute atomic E-state index is 0.337. The van der Waals surface area contributed by atoms with E-state index < -0.39 is 11.8 Å². The molecule has 1 aromatic carbocycles. The lowest BCUT2D eigenvalue weighted by atomic mass is 10.0. The van der Waals surface area contributed by atoms with E-state index in [0.717, 1.165) is 31.6 Å². The van der Waals surface area contributed by atoms with E-state index in [2.05, 4.69) is 4.90 Å². The summed E-state index contributed by atoms with van der Waals surface area (Å²) < 4.78 is 10.6. The molecule has 0 unspecified atom stereocenters. The molecule has 1 aliphatic rings. The Balaban J connectivity index is 1.84. The van der Waals surface area contributed by atoms with Crippen LogP contribution in [0.5, 0.6) is 0 Å². The number of carboxylic acids is 1. The molecule has 5 heteroatoms. The van der Waals surface area contributed by atoms with Gasteiger partial charge in [-0.1, -0.05) is 12.1 Å².